The fraction of sp³-hybridized carbons (Fsp3) is 0.400. The van der Waals surface area contributed by atoms with E-state index >= 15 is 0 Å². The second-order valence-corrected chi connectivity index (χ2v) is 4.10. The van der Waals surface area contributed by atoms with Crippen molar-refractivity contribution in [3.63, 3.8) is 0 Å². The van der Waals surface area contributed by atoms with E-state index in [1.54, 1.807) is 18.3 Å². The van der Waals surface area contributed by atoms with Crippen LogP contribution in [-0.2, 0) is 0 Å². The highest BCUT2D eigenvalue weighted by molar-refractivity contribution is 6.32. The highest BCUT2D eigenvalue weighted by Crippen LogP contribution is 2.25. The van der Waals surface area contributed by atoms with Crippen molar-refractivity contribution in [1.82, 2.24) is 10.3 Å². The largest absolute Gasteiger partial charge is 0.465 e. The predicted octanol–water partition coefficient (Wildman–Crippen LogP) is 1.58. The number of anilines is 1. The van der Waals surface area contributed by atoms with Gasteiger partial charge < -0.3 is 15.3 Å². The summed E-state index contributed by atoms with van der Waals surface area (Å²) in [6, 6.07) is 3.51. The molecule has 2 N–H and O–H groups in total. The molecule has 1 fully saturated rings. The van der Waals surface area contributed by atoms with E-state index in [1.807, 2.05) is 4.90 Å². The van der Waals surface area contributed by atoms with Gasteiger partial charge in [-0.1, -0.05) is 11.6 Å². The first-order valence-corrected chi connectivity index (χ1v) is 5.39. The van der Waals surface area contributed by atoms with Gasteiger partial charge in [0.1, 0.15) is 5.82 Å². The number of nitrogens with zero attached hydrogens (tertiary/aromatic N) is 2. The number of aromatic nitrogens is 1. The van der Waals surface area contributed by atoms with Gasteiger partial charge in [-0.15, -0.1) is 0 Å². The number of nitrogens with one attached hydrogen (secondary N) is 1. The van der Waals surface area contributed by atoms with Crippen molar-refractivity contribution in [3.05, 3.63) is 23.4 Å². The lowest BCUT2D eigenvalue weighted by Crippen LogP contribution is -2.36. The zero-order valence-electron chi connectivity index (χ0n) is 8.56. The van der Waals surface area contributed by atoms with Crippen molar-refractivity contribution in [2.45, 2.75) is 12.5 Å². The van der Waals surface area contributed by atoms with Crippen LogP contribution in [0.3, 0.4) is 0 Å². The van der Waals surface area contributed by atoms with Crippen LogP contribution in [0.15, 0.2) is 18.3 Å². The maximum atomic E-state index is 10.5. The standard InChI is InChI=1S/C10H12ClN3O2/c11-8-2-1-4-12-9(8)14-5-3-7(6-14)13-10(15)16/h1-2,4,7,13H,3,5-6H2,(H,15,16)/t7-/m1/s1. The van der Waals surface area contributed by atoms with Gasteiger partial charge in [-0.2, -0.15) is 0 Å². The molecule has 2 rings (SSSR count). The van der Waals surface area contributed by atoms with Gasteiger partial charge in [-0.05, 0) is 18.6 Å². The van der Waals surface area contributed by atoms with E-state index in [0.29, 0.717) is 11.6 Å². The summed E-state index contributed by atoms with van der Waals surface area (Å²) in [6.45, 7) is 1.38. The summed E-state index contributed by atoms with van der Waals surface area (Å²) in [5.41, 5.74) is 0. The second kappa shape index (κ2) is 4.57. The highest BCUT2D eigenvalue weighted by atomic mass is 35.5. The Morgan fingerprint density at radius 3 is 3.19 bits per heavy atom. The monoisotopic (exact) mass is 241 g/mol. The molecule has 0 bridgehead atoms. The number of amides is 1. The van der Waals surface area contributed by atoms with E-state index < -0.39 is 6.09 Å². The molecule has 1 aliphatic rings. The Morgan fingerprint density at radius 2 is 2.50 bits per heavy atom. The maximum absolute atomic E-state index is 10.5. The van der Waals surface area contributed by atoms with Gasteiger partial charge >= 0.3 is 6.09 Å². The lowest BCUT2D eigenvalue weighted by Gasteiger charge is -2.18. The van der Waals surface area contributed by atoms with Crippen molar-refractivity contribution in [1.29, 1.82) is 0 Å². The van der Waals surface area contributed by atoms with E-state index in [1.165, 1.54) is 0 Å². The molecule has 16 heavy (non-hydrogen) atoms. The molecule has 0 unspecified atom stereocenters. The fourth-order valence-corrected chi connectivity index (χ4v) is 2.10. The number of hydrogen-bond acceptors (Lipinski definition) is 3. The molecule has 1 aromatic rings. The molecule has 0 aromatic carbocycles. The minimum Gasteiger partial charge on any atom is -0.465 e. The number of rotatable bonds is 2. The Bertz CT molecular complexity index is 399. The Hall–Kier alpha value is -1.49. The minimum atomic E-state index is -0.987. The lowest BCUT2D eigenvalue weighted by atomic mass is 10.3. The second-order valence-electron chi connectivity index (χ2n) is 3.69. The summed E-state index contributed by atoms with van der Waals surface area (Å²) >= 11 is 6.02. The van der Waals surface area contributed by atoms with Crippen molar-refractivity contribution in [3.8, 4) is 0 Å². The third-order valence-corrected chi connectivity index (χ3v) is 2.85. The van der Waals surface area contributed by atoms with Gasteiger partial charge in [0.2, 0.25) is 0 Å². The molecule has 86 valence electrons. The van der Waals surface area contributed by atoms with Crippen LogP contribution in [0.4, 0.5) is 10.6 Å². The fourth-order valence-electron chi connectivity index (χ4n) is 1.86. The summed E-state index contributed by atoms with van der Waals surface area (Å²) < 4.78 is 0. The summed E-state index contributed by atoms with van der Waals surface area (Å²) in [5.74, 6) is 0.721. The topological polar surface area (TPSA) is 65.5 Å². The Morgan fingerprint density at radius 1 is 1.69 bits per heavy atom. The molecule has 0 radical (unpaired) electrons. The van der Waals surface area contributed by atoms with Crippen molar-refractivity contribution in [2.75, 3.05) is 18.0 Å². The molecule has 1 amide bonds. The smallest absolute Gasteiger partial charge is 0.404 e. The lowest BCUT2D eigenvalue weighted by molar-refractivity contribution is 0.191. The summed E-state index contributed by atoms with van der Waals surface area (Å²) in [5, 5.41) is 11.7. The van der Waals surface area contributed by atoms with E-state index in [4.69, 9.17) is 16.7 Å². The quantitative estimate of drug-likeness (QED) is 0.825. The van der Waals surface area contributed by atoms with Crippen LogP contribution in [-0.4, -0.2) is 35.3 Å². The molecule has 1 atom stereocenters. The van der Waals surface area contributed by atoms with E-state index in [2.05, 4.69) is 10.3 Å². The number of halogens is 1. The van der Waals surface area contributed by atoms with Gasteiger partial charge in [0.25, 0.3) is 0 Å². The van der Waals surface area contributed by atoms with Gasteiger partial charge in [0.15, 0.2) is 0 Å². The third kappa shape index (κ3) is 2.36. The molecule has 0 saturated carbocycles. The SMILES string of the molecule is O=C(O)N[C@@H]1CCN(c2ncccc2Cl)C1. The molecule has 1 aliphatic heterocycles. The first kappa shape index (κ1) is 11.0. The highest BCUT2D eigenvalue weighted by Gasteiger charge is 2.25. The zero-order chi connectivity index (χ0) is 11.5. The first-order valence-electron chi connectivity index (χ1n) is 5.02. The first-order chi connectivity index (χ1) is 7.66. The van der Waals surface area contributed by atoms with Gasteiger partial charge in [0.05, 0.1) is 11.1 Å². The third-order valence-electron chi connectivity index (χ3n) is 2.55. The summed E-state index contributed by atoms with van der Waals surface area (Å²) in [6.07, 6.45) is 1.47. The average molecular weight is 242 g/mol. The molecular weight excluding hydrogens is 230 g/mol. The zero-order valence-corrected chi connectivity index (χ0v) is 9.31. The summed E-state index contributed by atoms with van der Waals surface area (Å²) in [4.78, 5) is 16.7. The molecule has 6 heteroatoms. The van der Waals surface area contributed by atoms with Crippen LogP contribution >= 0.6 is 11.6 Å². The minimum absolute atomic E-state index is 0.0458. The van der Waals surface area contributed by atoms with Crippen LogP contribution in [0.2, 0.25) is 5.02 Å². The van der Waals surface area contributed by atoms with Crippen LogP contribution in [0.1, 0.15) is 6.42 Å². The molecular formula is C10H12ClN3O2. The number of carboxylic acid groups (broad SMARTS) is 1. The van der Waals surface area contributed by atoms with E-state index in [-0.39, 0.29) is 6.04 Å². The number of hydrogen-bond donors (Lipinski definition) is 2. The number of pyridine rings is 1. The number of carbonyl (C=O) groups is 1. The van der Waals surface area contributed by atoms with E-state index in [0.717, 1.165) is 18.8 Å². The van der Waals surface area contributed by atoms with Crippen LogP contribution in [0.25, 0.3) is 0 Å². The molecule has 1 saturated heterocycles. The van der Waals surface area contributed by atoms with Gasteiger partial charge in [0, 0.05) is 19.3 Å². The van der Waals surface area contributed by atoms with Gasteiger partial charge in [-0.3, -0.25) is 0 Å². The average Bonchev–Trinajstić information content (AvgIpc) is 2.66. The summed E-state index contributed by atoms with van der Waals surface area (Å²) in [7, 11) is 0. The molecule has 5 nitrogen and oxygen atoms in total. The van der Waals surface area contributed by atoms with Crippen molar-refractivity contribution < 1.29 is 9.90 Å². The molecule has 1 aromatic heterocycles. The Kier molecular flexibility index (Phi) is 3.14. The molecule has 2 heterocycles. The van der Waals surface area contributed by atoms with Crippen LogP contribution in [0.5, 0.6) is 0 Å². The van der Waals surface area contributed by atoms with Crippen molar-refractivity contribution >= 4 is 23.5 Å². The molecule has 0 aliphatic carbocycles. The van der Waals surface area contributed by atoms with Crippen molar-refractivity contribution in [2.24, 2.45) is 0 Å². The Balaban J connectivity index is 2.04. The maximum Gasteiger partial charge on any atom is 0.404 e. The Labute approximate surface area is 98.0 Å². The van der Waals surface area contributed by atoms with E-state index in [9.17, 15) is 4.79 Å². The van der Waals surface area contributed by atoms with Crippen LogP contribution < -0.4 is 10.2 Å². The molecule has 0 spiro atoms. The normalized spacial score (nSPS) is 19.8. The van der Waals surface area contributed by atoms with Crippen LogP contribution in [0, 0.1) is 0 Å². The van der Waals surface area contributed by atoms with Gasteiger partial charge in [-0.25, -0.2) is 9.78 Å². The predicted molar refractivity (Wildman–Crippen MR) is 61.0 cm³/mol.